The van der Waals surface area contributed by atoms with E-state index in [1.807, 2.05) is 18.2 Å². The molecular weight excluding hydrogens is 332 g/mol. The topological polar surface area (TPSA) is 81.8 Å². The van der Waals surface area contributed by atoms with E-state index < -0.39 is 0 Å². The van der Waals surface area contributed by atoms with Crippen LogP contribution in [0.4, 0.5) is 4.79 Å². The van der Waals surface area contributed by atoms with E-state index in [-0.39, 0.29) is 43.4 Å². The van der Waals surface area contributed by atoms with Crippen molar-refractivity contribution in [2.24, 2.45) is 0 Å². The lowest BCUT2D eigenvalue weighted by Crippen LogP contribution is -2.38. The molecule has 4 amide bonds. The quantitative estimate of drug-likeness (QED) is 0.620. The van der Waals surface area contributed by atoms with Crippen molar-refractivity contribution in [2.45, 2.75) is 32.7 Å². The van der Waals surface area contributed by atoms with Gasteiger partial charge in [-0.3, -0.25) is 19.4 Å². The molecule has 1 aromatic carbocycles. The van der Waals surface area contributed by atoms with Gasteiger partial charge in [0.1, 0.15) is 0 Å². The Kier molecular flexibility index (Phi) is 7.59. The van der Waals surface area contributed by atoms with E-state index >= 15 is 0 Å². The van der Waals surface area contributed by atoms with Gasteiger partial charge in [0.2, 0.25) is 11.8 Å². The molecule has 0 radical (unpaired) electrons. The van der Waals surface area contributed by atoms with Crippen LogP contribution < -0.4 is 10.6 Å². The molecule has 1 aromatic rings. The summed E-state index contributed by atoms with van der Waals surface area (Å²) in [7, 11) is 0. The Morgan fingerprint density at radius 3 is 2.50 bits per heavy atom. The zero-order valence-electron chi connectivity index (χ0n) is 15.5. The number of carbonyl (C=O) groups is 3. The number of imide groups is 1. The highest BCUT2D eigenvalue weighted by molar-refractivity contribution is 6.01. The molecule has 1 aliphatic heterocycles. The van der Waals surface area contributed by atoms with E-state index in [9.17, 15) is 14.4 Å². The van der Waals surface area contributed by atoms with Crippen molar-refractivity contribution in [3.63, 3.8) is 0 Å². The summed E-state index contributed by atoms with van der Waals surface area (Å²) in [6.07, 6.45) is 0.753. The molecule has 1 atom stereocenters. The van der Waals surface area contributed by atoms with Crippen molar-refractivity contribution in [1.29, 1.82) is 0 Å². The summed E-state index contributed by atoms with van der Waals surface area (Å²) in [5.41, 5.74) is 1.18. The zero-order chi connectivity index (χ0) is 18.9. The first-order valence-electron chi connectivity index (χ1n) is 9.20. The number of carbonyl (C=O) groups excluding carboxylic acids is 3. The van der Waals surface area contributed by atoms with Crippen LogP contribution in [0.3, 0.4) is 0 Å². The maximum Gasteiger partial charge on any atom is 0.324 e. The Labute approximate surface area is 154 Å². The van der Waals surface area contributed by atoms with E-state index in [1.165, 1.54) is 5.56 Å². The molecule has 0 aromatic heterocycles. The molecule has 0 bridgehead atoms. The normalized spacial score (nSPS) is 15.3. The minimum Gasteiger partial charge on any atom is -0.354 e. The fourth-order valence-electron chi connectivity index (χ4n) is 3.18. The smallest absolute Gasteiger partial charge is 0.324 e. The summed E-state index contributed by atoms with van der Waals surface area (Å²) in [6, 6.07) is 9.90. The maximum atomic E-state index is 12.2. The molecule has 1 saturated heterocycles. The van der Waals surface area contributed by atoms with Crippen molar-refractivity contribution in [2.75, 3.05) is 32.7 Å². The first-order valence-corrected chi connectivity index (χ1v) is 9.20. The molecule has 7 nitrogen and oxygen atoms in total. The Morgan fingerprint density at radius 2 is 1.92 bits per heavy atom. The standard InChI is InChI=1S/C19H28N4O3/c1-3-22(4-2)16(15-9-6-5-7-10-15)13-20-17(24)11-8-12-23-18(25)14-21-19(23)26/h5-7,9-10,16H,3-4,8,11-14H2,1-2H3,(H,20,24)(H,21,26). The van der Waals surface area contributed by atoms with Crippen LogP contribution >= 0.6 is 0 Å². The molecular formula is C19H28N4O3. The molecule has 1 fully saturated rings. The maximum absolute atomic E-state index is 12.2. The molecule has 26 heavy (non-hydrogen) atoms. The van der Waals surface area contributed by atoms with Crippen LogP contribution in [-0.2, 0) is 9.59 Å². The number of benzene rings is 1. The first-order chi connectivity index (χ1) is 12.6. The Balaban J connectivity index is 1.83. The highest BCUT2D eigenvalue weighted by atomic mass is 16.2. The van der Waals surface area contributed by atoms with Crippen LogP contribution in [-0.4, -0.2) is 60.4 Å². The number of nitrogens with zero attached hydrogens (tertiary/aromatic N) is 2. The third kappa shape index (κ3) is 5.29. The van der Waals surface area contributed by atoms with Gasteiger partial charge in [0, 0.05) is 19.5 Å². The van der Waals surface area contributed by atoms with E-state index in [1.54, 1.807) is 0 Å². The molecule has 0 aliphatic carbocycles. The fraction of sp³-hybridized carbons (Fsp3) is 0.526. The SMILES string of the molecule is CCN(CC)C(CNC(=O)CCCN1C(=O)CNC1=O)c1ccccc1. The second kappa shape index (κ2) is 9.91. The predicted octanol–water partition coefficient (Wildman–Crippen LogP) is 1.52. The van der Waals surface area contributed by atoms with Gasteiger partial charge in [-0.25, -0.2) is 4.79 Å². The summed E-state index contributed by atoms with van der Waals surface area (Å²) >= 11 is 0. The monoisotopic (exact) mass is 360 g/mol. The van der Waals surface area contributed by atoms with Gasteiger partial charge in [-0.2, -0.15) is 0 Å². The largest absolute Gasteiger partial charge is 0.354 e. The lowest BCUT2D eigenvalue weighted by molar-refractivity contribution is -0.126. The van der Waals surface area contributed by atoms with Gasteiger partial charge in [0.25, 0.3) is 0 Å². The lowest BCUT2D eigenvalue weighted by Gasteiger charge is -2.30. The molecule has 2 N–H and O–H groups in total. The number of hydrogen-bond acceptors (Lipinski definition) is 4. The number of nitrogens with one attached hydrogen (secondary N) is 2. The van der Waals surface area contributed by atoms with Crippen LogP contribution in [0.1, 0.15) is 38.3 Å². The Hall–Kier alpha value is -2.41. The van der Waals surface area contributed by atoms with Crippen molar-refractivity contribution in [3.8, 4) is 0 Å². The highest BCUT2D eigenvalue weighted by Gasteiger charge is 2.27. The van der Waals surface area contributed by atoms with Crippen LogP contribution in [0.15, 0.2) is 30.3 Å². The predicted molar refractivity (Wildman–Crippen MR) is 99.5 cm³/mol. The lowest BCUT2D eigenvalue weighted by atomic mass is 10.0. The average Bonchev–Trinajstić information content (AvgIpc) is 2.98. The Morgan fingerprint density at radius 1 is 1.23 bits per heavy atom. The Bertz CT molecular complexity index is 600. The minimum absolute atomic E-state index is 0.0493. The third-order valence-corrected chi connectivity index (χ3v) is 4.65. The van der Waals surface area contributed by atoms with Gasteiger partial charge >= 0.3 is 6.03 Å². The van der Waals surface area contributed by atoms with Crippen molar-refractivity contribution in [1.82, 2.24) is 20.4 Å². The van der Waals surface area contributed by atoms with E-state index in [4.69, 9.17) is 0 Å². The number of likely N-dealkylation sites (N-methyl/N-ethyl adjacent to an activating group) is 1. The van der Waals surface area contributed by atoms with Crippen molar-refractivity contribution >= 4 is 17.8 Å². The van der Waals surface area contributed by atoms with Gasteiger partial charge in [0.15, 0.2) is 0 Å². The third-order valence-electron chi connectivity index (χ3n) is 4.65. The van der Waals surface area contributed by atoms with Gasteiger partial charge < -0.3 is 10.6 Å². The summed E-state index contributed by atoms with van der Waals surface area (Å²) in [6.45, 7) is 6.88. The fourth-order valence-corrected chi connectivity index (χ4v) is 3.18. The molecule has 1 unspecified atom stereocenters. The first kappa shape index (κ1) is 19.9. The zero-order valence-corrected chi connectivity index (χ0v) is 15.5. The van der Waals surface area contributed by atoms with Gasteiger partial charge in [0.05, 0.1) is 12.6 Å². The van der Waals surface area contributed by atoms with Crippen LogP contribution in [0.5, 0.6) is 0 Å². The molecule has 1 heterocycles. The van der Waals surface area contributed by atoms with Crippen molar-refractivity contribution < 1.29 is 14.4 Å². The summed E-state index contributed by atoms with van der Waals surface area (Å²) in [5, 5.41) is 5.47. The highest BCUT2D eigenvalue weighted by Crippen LogP contribution is 2.19. The second-order valence-electron chi connectivity index (χ2n) is 6.26. The minimum atomic E-state index is -0.374. The molecule has 0 spiro atoms. The number of hydrogen-bond donors (Lipinski definition) is 2. The number of rotatable bonds is 10. The van der Waals surface area contributed by atoms with E-state index in [2.05, 4.69) is 41.5 Å². The van der Waals surface area contributed by atoms with Crippen LogP contribution in [0.2, 0.25) is 0 Å². The van der Waals surface area contributed by atoms with Gasteiger partial charge in [-0.05, 0) is 25.1 Å². The van der Waals surface area contributed by atoms with E-state index in [0.717, 1.165) is 18.0 Å². The number of urea groups is 1. The van der Waals surface area contributed by atoms with E-state index in [0.29, 0.717) is 13.0 Å². The van der Waals surface area contributed by atoms with Crippen molar-refractivity contribution in [3.05, 3.63) is 35.9 Å². The molecule has 0 saturated carbocycles. The molecule has 2 rings (SSSR count). The second-order valence-corrected chi connectivity index (χ2v) is 6.26. The van der Waals surface area contributed by atoms with Gasteiger partial charge in [-0.1, -0.05) is 44.2 Å². The molecule has 142 valence electrons. The van der Waals surface area contributed by atoms with Gasteiger partial charge in [-0.15, -0.1) is 0 Å². The summed E-state index contributed by atoms with van der Waals surface area (Å²) in [5.74, 6) is -0.300. The molecule has 7 heteroatoms. The average molecular weight is 360 g/mol. The number of amides is 4. The summed E-state index contributed by atoms with van der Waals surface area (Å²) < 4.78 is 0. The van der Waals surface area contributed by atoms with Crippen LogP contribution in [0, 0.1) is 0 Å². The summed E-state index contributed by atoms with van der Waals surface area (Å²) in [4.78, 5) is 38.6. The van der Waals surface area contributed by atoms with Crippen LogP contribution in [0.25, 0.3) is 0 Å². The molecule has 1 aliphatic rings.